The first-order valence-corrected chi connectivity index (χ1v) is 6.39. The molecule has 1 heterocycles. The predicted molar refractivity (Wildman–Crippen MR) is 69.7 cm³/mol. The maximum Gasteiger partial charge on any atom is 0.351 e. The monoisotopic (exact) mass is 301 g/mol. The number of rotatable bonds is 3. The average molecular weight is 302 g/mol. The number of aryl methyl sites for hydroxylation is 1. The second-order valence-electron chi connectivity index (χ2n) is 3.60. The molecule has 0 radical (unpaired) electrons. The van der Waals surface area contributed by atoms with Gasteiger partial charge in [0.05, 0.1) is 7.11 Å². The third-order valence-electron chi connectivity index (χ3n) is 2.29. The van der Waals surface area contributed by atoms with E-state index in [1.165, 1.54) is 13.2 Å². The lowest BCUT2D eigenvalue weighted by Crippen LogP contribution is -1.98. The van der Waals surface area contributed by atoms with Gasteiger partial charge in [-0.15, -0.1) is 0 Å². The van der Waals surface area contributed by atoms with Gasteiger partial charge in [-0.05, 0) is 18.6 Å². The Bertz CT molecular complexity index is 629. The summed E-state index contributed by atoms with van der Waals surface area (Å²) in [6.45, 7) is 1.65. The van der Waals surface area contributed by atoms with Crippen molar-refractivity contribution in [1.29, 1.82) is 0 Å². The number of carbonyl (C=O) groups is 1. The smallest absolute Gasteiger partial charge is 0.351 e. The van der Waals surface area contributed by atoms with Crippen LogP contribution >= 0.6 is 22.9 Å². The molecule has 7 heteroatoms. The fourth-order valence-electron chi connectivity index (χ4n) is 1.28. The molecule has 1 aromatic carbocycles. The second-order valence-corrected chi connectivity index (χ2v) is 4.92. The summed E-state index contributed by atoms with van der Waals surface area (Å²) in [6, 6.07) is 4.43. The minimum atomic E-state index is -0.590. The normalized spacial score (nSPS) is 10.3. The lowest BCUT2D eigenvalue weighted by atomic mass is 10.2. The summed E-state index contributed by atoms with van der Waals surface area (Å²) in [5, 5.41) is 0.146. The van der Waals surface area contributed by atoms with Crippen molar-refractivity contribution in [2.24, 2.45) is 0 Å². The first-order valence-electron chi connectivity index (χ1n) is 5.20. The first-order chi connectivity index (χ1) is 9.01. The number of thiazole rings is 1. The maximum atomic E-state index is 13.4. The molecule has 100 valence electrons. The zero-order chi connectivity index (χ0) is 14.0. The van der Waals surface area contributed by atoms with Gasteiger partial charge in [-0.3, -0.25) is 0 Å². The summed E-state index contributed by atoms with van der Waals surface area (Å²) in [6.07, 6.45) is 0. The van der Waals surface area contributed by atoms with Gasteiger partial charge in [0, 0.05) is 6.07 Å². The van der Waals surface area contributed by atoms with E-state index in [4.69, 9.17) is 16.3 Å². The Balaban J connectivity index is 2.24. The van der Waals surface area contributed by atoms with Crippen molar-refractivity contribution in [3.63, 3.8) is 0 Å². The van der Waals surface area contributed by atoms with E-state index in [0.717, 1.165) is 11.3 Å². The van der Waals surface area contributed by atoms with Crippen LogP contribution in [0.15, 0.2) is 18.2 Å². The topological polar surface area (TPSA) is 48.4 Å². The molecule has 0 aliphatic carbocycles. The van der Waals surface area contributed by atoms with Gasteiger partial charge in [0.15, 0.2) is 10.0 Å². The molecule has 2 aromatic rings. The van der Waals surface area contributed by atoms with Crippen molar-refractivity contribution in [1.82, 2.24) is 4.98 Å². The highest BCUT2D eigenvalue weighted by atomic mass is 35.5. The molecule has 0 amide bonds. The summed E-state index contributed by atoms with van der Waals surface area (Å²) in [5.74, 6) is -0.689. The molecule has 0 aliphatic heterocycles. The molecule has 0 fully saturated rings. The van der Waals surface area contributed by atoms with E-state index < -0.39 is 5.97 Å². The Morgan fingerprint density at radius 1 is 1.47 bits per heavy atom. The fraction of sp³-hybridized carbons (Fsp3) is 0.167. The molecule has 0 saturated carbocycles. The minimum absolute atomic E-state index is 0.000524. The van der Waals surface area contributed by atoms with E-state index in [9.17, 15) is 9.18 Å². The van der Waals surface area contributed by atoms with Gasteiger partial charge in [-0.25, -0.2) is 9.18 Å². The Labute approximate surface area is 117 Å². The number of halogens is 2. The summed E-state index contributed by atoms with van der Waals surface area (Å²) in [4.78, 5) is 15.4. The lowest BCUT2D eigenvalue weighted by molar-refractivity contribution is 0.0606. The molecular formula is C12H9ClFNO3S. The van der Waals surface area contributed by atoms with E-state index in [1.54, 1.807) is 19.1 Å². The molecule has 0 saturated heterocycles. The number of methoxy groups -OCH3 is 1. The zero-order valence-electron chi connectivity index (χ0n) is 10.1. The van der Waals surface area contributed by atoms with Crippen LogP contribution in [0, 0.1) is 12.7 Å². The molecule has 0 unspecified atom stereocenters. The number of nitrogens with zero attached hydrogens (tertiary/aromatic N) is 1. The fourth-order valence-corrected chi connectivity index (χ4v) is 2.35. The minimum Gasteiger partial charge on any atom is -0.465 e. The van der Waals surface area contributed by atoms with Crippen LogP contribution in [0.1, 0.15) is 15.2 Å². The van der Waals surface area contributed by atoms with Crippen molar-refractivity contribution >= 4 is 28.9 Å². The number of benzene rings is 1. The third kappa shape index (κ3) is 3.02. The maximum absolute atomic E-state index is 13.4. The first kappa shape index (κ1) is 13.8. The van der Waals surface area contributed by atoms with Crippen LogP contribution in [0.3, 0.4) is 0 Å². The van der Waals surface area contributed by atoms with Crippen LogP contribution in [0.5, 0.6) is 10.9 Å². The Hall–Kier alpha value is -1.66. The van der Waals surface area contributed by atoms with Crippen molar-refractivity contribution in [2.75, 3.05) is 7.11 Å². The Morgan fingerprint density at radius 2 is 2.21 bits per heavy atom. The van der Waals surface area contributed by atoms with Crippen LogP contribution < -0.4 is 4.74 Å². The molecule has 4 nitrogen and oxygen atoms in total. The van der Waals surface area contributed by atoms with Gasteiger partial charge < -0.3 is 9.47 Å². The summed E-state index contributed by atoms with van der Waals surface area (Å²) < 4.78 is 23.2. The number of carbonyl (C=O) groups excluding carboxylic acids is 1. The van der Waals surface area contributed by atoms with Crippen LogP contribution in [0.2, 0.25) is 5.15 Å². The second kappa shape index (κ2) is 5.54. The highest BCUT2D eigenvalue weighted by molar-refractivity contribution is 7.15. The number of aromatic nitrogens is 1. The quantitative estimate of drug-likeness (QED) is 0.809. The van der Waals surface area contributed by atoms with Crippen LogP contribution in [-0.2, 0) is 4.74 Å². The average Bonchev–Trinajstić information content (AvgIpc) is 2.74. The van der Waals surface area contributed by atoms with Crippen LogP contribution in [0.4, 0.5) is 4.39 Å². The van der Waals surface area contributed by atoms with Crippen molar-refractivity contribution in [2.45, 2.75) is 6.92 Å². The number of esters is 1. The molecule has 2 rings (SSSR count). The van der Waals surface area contributed by atoms with Crippen molar-refractivity contribution in [3.05, 3.63) is 39.6 Å². The van der Waals surface area contributed by atoms with E-state index in [-0.39, 0.29) is 26.8 Å². The molecule has 0 aliphatic rings. The molecule has 0 N–H and O–H groups in total. The van der Waals surface area contributed by atoms with Crippen LogP contribution in [-0.4, -0.2) is 18.1 Å². The summed E-state index contributed by atoms with van der Waals surface area (Å²) in [5.41, 5.74) is 0.514. The molecular weight excluding hydrogens is 293 g/mol. The summed E-state index contributed by atoms with van der Waals surface area (Å²) in [7, 11) is 1.24. The predicted octanol–water partition coefficient (Wildman–Crippen LogP) is 3.82. The molecule has 0 spiro atoms. The van der Waals surface area contributed by atoms with E-state index in [1.807, 2.05) is 0 Å². The van der Waals surface area contributed by atoms with Gasteiger partial charge in [0.1, 0.15) is 11.6 Å². The zero-order valence-corrected chi connectivity index (χ0v) is 11.6. The molecule has 1 aromatic heterocycles. The largest absolute Gasteiger partial charge is 0.465 e. The molecule has 0 atom stereocenters. The van der Waals surface area contributed by atoms with Gasteiger partial charge >= 0.3 is 5.97 Å². The van der Waals surface area contributed by atoms with Gasteiger partial charge in [-0.1, -0.05) is 29.0 Å². The molecule has 0 bridgehead atoms. The van der Waals surface area contributed by atoms with Gasteiger partial charge in [0.25, 0.3) is 5.19 Å². The number of ether oxygens (including phenoxy) is 2. The van der Waals surface area contributed by atoms with Crippen molar-refractivity contribution in [3.8, 4) is 10.9 Å². The summed E-state index contributed by atoms with van der Waals surface area (Å²) >= 11 is 6.72. The van der Waals surface area contributed by atoms with E-state index >= 15 is 0 Å². The lowest BCUT2D eigenvalue weighted by Gasteiger charge is -2.02. The van der Waals surface area contributed by atoms with Crippen molar-refractivity contribution < 1.29 is 18.7 Å². The van der Waals surface area contributed by atoms with Gasteiger partial charge in [0.2, 0.25) is 0 Å². The van der Waals surface area contributed by atoms with E-state index in [2.05, 4.69) is 9.72 Å². The van der Waals surface area contributed by atoms with Crippen LogP contribution in [0.25, 0.3) is 0 Å². The number of hydrogen-bond donors (Lipinski definition) is 0. The van der Waals surface area contributed by atoms with E-state index in [0.29, 0.717) is 5.56 Å². The Morgan fingerprint density at radius 3 is 2.84 bits per heavy atom. The Kier molecular flexibility index (Phi) is 4.01. The SMILES string of the molecule is COC(=O)c1sc(Oc2ccc(C)c(F)c2)nc1Cl. The number of hydrogen-bond acceptors (Lipinski definition) is 5. The highest BCUT2D eigenvalue weighted by Gasteiger charge is 2.18. The molecule has 19 heavy (non-hydrogen) atoms. The van der Waals surface area contributed by atoms with Gasteiger partial charge in [-0.2, -0.15) is 4.98 Å². The highest BCUT2D eigenvalue weighted by Crippen LogP contribution is 2.32. The third-order valence-corrected chi connectivity index (χ3v) is 3.58. The standard InChI is InChI=1S/C12H9ClFNO3S/c1-6-3-4-7(5-8(6)14)18-12-15-10(13)9(19-12)11(16)17-2/h3-5H,1-2H3.